The average Bonchev–Trinajstić information content (AvgIpc) is 2.24. The molecule has 0 heterocycles. The van der Waals surface area contributed by atoms with E-state index in [0.29, 0.717) is 12.3 Å². The quantitative estimate of drug-likeness (QED) is 0.610. The first-order chi connectivity index (χ1) is 8.34. The highest BCUT2D eigenvalue weighted by molar-refractivity contribution is 4.60. The molecule has 1 unspecified atom stereocenters. The maximum absolute atomic E-state index is 12.1. The van der Waals surface area contributed by atoms with Crippen molar-refractivity contribution in [3.63, 3.8) is 0 Å². The van der Waals surface area contributed by atoms with Gasteiger partial charge in [-0.25, -0.2) is 0 Å². The van der Waals surface area contributed by atoms with Crippen LogP contribution in [0.1, 0.15) is 46.5 Å². The normalized spacial score (nSPS) is 14.2. The zero-order valence-corrected chi connectivity index (χ0v) is 11.6. The van der Waals surface area contributed by atoms with Crippen LogP contribution in [0.3, 0.4) is 0 Å². The van der Waals surface area contributed by atoms with Crippen molar-refractivity contribution in [1.29, 1.82) is 0 Å². The molecule has 0 aliphatic rings. The van der Waals surface area contributed by atoms with Crippen LogP contribution >= 0.6 is 0 Å². The SMILES string of the molecule is CC(C)CNCCCCCCOC(C)C(F)(F)F. The molecule has 5 heteroatoms. The maximum atomic E-state index is 12.1. The molecular formula is C13H26F3NO. The van der Waals surface area contributed by atoms with E-state index in [1.54, 1.807) is 0 Å². The minimum absolute atomic E-state index is 0.195. The Morgan fingerprint density at radius 2 is 1.61 bits per heavy atom. The number of unbranched alkanes of at least 4 members (excludes halogenated alkanes) is 3. The summed E-state index contributed by atoms with van der Waals surface area (Å²) in [6.07, 6.45) is -2.15. The summed E-state index contributed by atoms with van der Waals surface area (Å²) in [5, 5.41) is 3.33. The molecule has 0 bridgehead atoms. The average molecular weight is 269 g/mol. The number of halogens is 3. The Bertz CT molecular complexity index is 195. The summed E-state index contributed by atoms with van der Waals surface area (Å²) >= 11 is 0. The van der Waals surface area contributed by atoms with E-state index < -0.39 is 12.3 Å². The molecule has 0 rings (SSSR count). The van der Waals surface area contributed by atoms with Gasteiger partial charge in [0.05, 0.1) is 0 Å². The van der Waals surface area contributed by atoms with E-state index in [4.69, 9.17) is 4.74 Å². The predicted octanol–water partition coefficient (Wildman–Crippen LogP) is 3.76. The number of ether oxygens (including phenoxy) is 1. The second-order valence-electron chi connectivity index (χ2n) is 5.07. The van der Waals surface area contributed by atoms with E-state index in [-0.39, 0.29) is 6.61 Å². The van der Waals surface area contributed by atoms with Crippen molar-refractivity contribution in [2.75, 3.05) is 19.7 Å². The lowest BCUT2D eigenvalue weighted by atomic mass is 10.2. The molecule has 0 aliphatic carbocycles. The van der Waals surface area contributed by atoms with Gasteiger partial charge >= 0.3 is 6.18 Å². The molecule has 0 aromatic rings. The highest BCUT2D eigenvalue weighted by Crippen LogP contribution is 2.22. The van der Waals surface area contributed by atoms with Gasteiger partial charge in [-0.05, 0) is 38.8 Å². The molecular weight excluding hydrogens is 243 g/mol. The lowest BCUT2D eigenvalue weighted by Gasteiger charge is -2.16. The lowest BCUT2D eigenvalue weighted by molar-refractivity contribution is -0.214. The Morgan fingerprint density at radius 3 is 2.17 bits per heavy atom. The summed E-state index contributed by atoms with van der Waals surface area (Å²) in [5.74, 6) is 0.655. The van der Waals surface area contributed by atoms with E-state index in [1.165, 1.54) is 0 Å². The van der Waals surface area contributed by atoms with E-state index in [0.717, 1.165) is 39.3 Å². The molecule has 0 fully saturated rings. The third-order valence-corrected chi connectivity index (χ3v) is 2.63. The zero-order chi connectivity index (χ0) is 14.0. The number of hydrogen-bond acceptors (Lipinski definition) is 2. The van der Waals surface area contributed by atoms with Gasteiger partial charge < -0.3 is 10.1 Å². The largest absolute Gasteiger partial charge is 0.414 e. The van der Waals surface area contributed by atoms with Gasteiger partial charge in [-0.15, -0.1) is 0 Å². The second kappa shape index (κ2) is 9.62. The third-order valence-electron chi connectivity index (χ3n) is 2.63. The number of hydrogen-bond donors (Lipinski definition) is 1. The molecule has 18 heavy (non-hydrogen) atoms. The van der Waals surface area contributed by atoms with Gasteiger partial charge in [-0.2, -0.15) is 13.2 Å². The van der Waals surface area contributed by atoms with Crippen molar-refractivity contribution in [3.8, 4) is 0 Å². The predicted molar refractivity (Wildman–Crippen MR) is 67.6 cm³/mol. The summed E-state index contributed by atoms with van der Waals surface area (Å²) in [6, 6.07) is 0. The van der Waals surface area contributed by atoms with Crippen molar-refractivity contribution in [3.05, 3.63) is 0 Å². The van der Waals surface area contributed by atoms with E-state index in [1.807, 2.05) is 0 Å². The summed E-state index contributed by atoms with van der Waals surface area (Å²) in [6.45, 7) is 7.57. The van der Waals surface area contributed by atoms with Gasteiger partial charge in [0, 0.05) is 6.61 Å². The van der Waals surface area contributed by atoms with Crippen LogP contribution in [0.2, 0.25) is 0 Å². The Labute approximate surface area is 108 Å². The lowest BCUT2D eigenvalue weighted by Crippen LogP contribution is -2.28. The minimum Gasteiger partial charge on any atom is -0.369 e. The smallest absolute Gasteiger partial charge is 0.369 e. The Kier molecular flexibility index (Phi) is 9.46. The molecule has 0 saturated carbocycles. The van der Waals surface area contributed by atoms with Gasteiger partial charge in [0.1, 0.15) is 0 Å². The maximum Gasteiger partial charge on any atom is 0.414 e. The molecule has 0 aromatic heterocycles. The van der Waals surface area contributed by atoms with Crippen molar-refractivity contribution < 1.29 is 17.9 Å². The van der Waals surface area contributed by atoms with Crippen molar-refractivity contribution in [2.45, 2.75) is 58.7 Å². The van der Waals surface area contributed by atoms with Crippen LogP contribution in [0.15, 0.2) is 0 Å². The molecule has 0 radical (unpaired) electrons. The van der Waals surface area contributed by atoms with E-state index in [2.05, 4.69) is 19.2 Å². The van der Waals surface area contributed by atoms with E-state index in [9.17, 15) is 13.2 Å². The molecule has 0 amide bonds. The standard InChI is InChI=1S/C13H26F3NO/c1-11(2)10-17-8-6-4-5-7-9-18-12(3)13(14,15)16/h11-12,17H,4-10H2,1-3H3. The topological polar surface area (TPSA) is 21.3 Å². The first-order valence-corrected chi connectivity index (χ1v) is 6.73. The number of alkyl halides is 3. The highest BCUT2D eigenvalue weighted by atomic mass is 19.4. The molecule has 0 spiro atoms. The fraction of sp³-hybridized carbons (Fsp3) is 1.00. The van der Waals surface area contributed by atoms with Gasteiger partial charge in [0.15, 0.2) is 6.10 Å². The first kappa shape index (κ1) is 17.7. The van der Waals surface area contributed by atoms with Crippen LogP contribution in [0.5, 0.6) is 0 Å². The van der Waals surface area contributed by atoms with Crippen LogP contribution in [0.25, 0.3) is 0 Å². The first-order valence-electron chi connectivity index (χ1n) is 6.73. The van der Waals surface area contributed by atoms with Gasteiger partial charge in [0.2, 0.25) is 0 Å². The van der Waals surface area contributed by atoms with Gasteiger partial charge in [0.25, 0.3) is 0 Å². The monoisotopic (exact) mass is 269 g/mol. The van der Waals surface area contributed by atoms with Crippen LogP contribution in [0, 0.1) is 5.92 Å². The minimum atomic E-state index is -4.24. The number of nitrogens with one attached hydrogen (secondary N) is 1. The highest BCUT2D eigenvalue weighted by Gasteiger charge is 2.36. The molecule has 0 aliphatic heterocycles. The molecule has 2 nitrogen and oxygen atoms in total. The Balaban J connectivity index is 3.22. The molecule has 0 aromatic carbocycles. The van der Waals surface area contributed by atoms with Crippen LogP contribution < -0.4 is 5.32 Å². The second-order valence-corrected chi connectivity index (χ2v) is 5.07. The van der Waals surface area contributed by atoms with Crippen LogP contribution in [0.4, 0.5) is 13.2 Å². The summed E-state index contributed by atoms with van der Waals surface area (Å²) in [5.41, 5.74) is 0. The molecule has 0 saturated heterocycles. The molecule has 110 valence electrons. The Hall–Kier alpha value is -0.290. The zero-order valence-electron chi connectivity index (χ0n) is 11.6. The fourth-order valence-electron chi connectivity index (χ4n) is 1.45. The van der Waals surface area contributed by atoms with Crippen molar-refractivity contribution >= 4 is 0 Å². The van der Waals surface area contributed by atoms with Gasteiger partial charge in [-0.3, -0.25) is 0 Å². The van der Waals surface area contributed by atoms with Crippen molar-refractivity contribution in [2.24, 2.45) is 5.92 Å². The van der Waals surface area contributed by atoms with E-state index >= 15 is 0 Å². The third kappa shape index (κ3) is 10.8. The van der Waals surface area contributed by atoms with Crippen LogP contribution in [-0.2, 0) is 4.74 Å². The number of rotatable bonds is 10. The van der Waals surface area contributed by atoms with Crippen molar-refractivity contribution in [1.82, 2.24) is 5.32 Å². The fourth-order valence-corrected chi connectivity index (χ4v) is 1.45. The summed E-state index contributed by atoms with van der Waals surface area (Å²) in [4.78, 5) is 0. The molecule has 1 atom stereocenters. The van der Waals surface area contributed by atoms with Gasteiger partial charge in [-0.1, -0.05) is 26.7 Å². The summed E-state index contributed by atoms with van der Waals surface area (Å²) < 4.78 is 41.0. The van der Waals surface area contributed by atoms with Crippen LogP contribution in [-0.4, -0.2) is 32.0 Å². The Morgan fingerprint density at radius 1 is 1.00 bits per heavy atom. The summed E-state index contributed by atoms with van der Waals surface area (Å²) in [7, 11) is 0. The molecule has 1 N–H and O–H groups in total.